The fraction of sp³-hybridized carbons (Fsp3) is 0.778. The second-order valence-corrected chi connectivity index (χ2v) is 4.01. The summed E-state index contributed by atoms with van der Waals surface area (Å²) in [5, 5.41) is 28.5. The van der Waals surface area contributed by atoms with E-state index in [0.29, 0.717) is 0 Å². The molecule has 0 heterocycles. The summed E-state index contributed by atoms with van der Waals surface area (Å²) in [6, 6.07) is 0. The van der Waals surface area contributed by atoms with Crippen LogP contribution in [0.25, 0.3) is 0 Å². The first-order valence-corrected chi connectivity index (χ1v) is 4.58. The van der Waals surface area contributed by atoms with E-state index in [1.165, 1.54) is 13.8 Å². The van der Waals surface area contributed by atoms with E-state index in [0.717, 1.165) is 0 Å². The Morgan fingerprint density at radius 2 is 1.93 bits per heavy atom. The van der Waals surface area contributed by atoms with E-state index >= 15 is 0 Å². The highest BCUT2D eigenvalue weighted by molar-refractivity contribution is 5.84. The number of hydrogen-bond acceptors (Lipinski definition) is 4. The van der Waals surface area contributed by atoms with Crippen LogP contribution in [0.3, 0.4) is 0 Å². The minimum atomic E-state index is -1.13. The SMILES string of the molecule is CC(C)(CC(=O)NCC(O)CO)C(=O)O. The Balaban J connectivity index is 3.99. The van der Waals surface area contributed by atoms with Gasteiger partial charge in [-0.25, -0.2) is 0 Å². The molecule has 6 nitrogen and oxygen atoms in total. The molecular formula is C9H17NO5. The molecule has 1 amide bonds. The summed E-state index contributed by atoms with van der Waals surface area (Å²) in [6.07, 6.45) is -1.18. The maximum absolute atomic E-state index is 11.2. The van der Waals surface area contributed by atoms with Crippen LogP contribution in [-0.2, 0) is 9.59 Å². The number of nitrogens with one attached hydrogen (secondary N) is 1. The van der Waals surface area contributed by atoms with Crippen LogP contribution in [0.4, 0.5) is 0 Å². The van der Waals surface area contributed by atoms with Gasteiger partial charge in [-0.05, 0) is 13.8 Å². The summed E-state index contributed by atoms with van der Waals surface area (Å²) >= 11 is 0. The smallest absolute Gasteiger partial charge is 0.309 e. The second kappa shape index (κ2) is 5.67. The van der Waals surface area contributed by atoms with Crippen molar-refractivity contribution in [3.63, 3.8) is 0 Å². The van der Waals surface area contributed by atoms with Gasteiger partial charge in [0, 0.05) is 13.0 Å². The van der Waals surface area contributed by atoms with E-state index in [-0.39, 0.29) is 13.0 Å². The Morgan fingerprint density at radius 1 is 1.40 bits per heavy atom. The number of carbonyl (C=O) groups excluding carboxylic acids is 1. The van der Waals surface area contributed by atoms with Gasteiger partial charge in [0.05, 0.1) is 18.1 Å². The third-order valence-corrected chi connectivity index (χ3v) is 1.93. The summed E-state index contributed by atoms with van der Waals surface area (Å²) in [4.78, 5) is 21.9. The first-order valence-electron chi connectivity index (χ1n) is 4.58. The number of hydrogen-bond donors (Lipinski definition) is 4. The maximum atomic E-state index is 11.2. The van der Waals surface area contributed by atoms with Gasteiger partial charge in [-0.2, -0.15) is 0 Å². The standard InChI is InChI=1S/C9H17NO5/c1-9(2,8(14)15)3-7(13)10-4-6(12)5-11/h6,11-12H,3-5H2,1-2H3,(H,10,13)(H,14,15). The van der Waals surface area contributed by atoms with Crippen molar-refractivity contribution < 1.29 is 24.9 Å². The van der Waals surface area contributed by atoms with E-state index in [1.807, 2.05) is 0 Å². The first-order chi connectivity index (χ1) is 6.79. The Labute approximate surface area is 87.9 Å². The number of aliphatic hydroxyl groups excluding tert-OH is 2. The largest absolute Gasteiger partial charge is 0.481 e. The Hall–Kier alpha value is -1.14. The summed E-state index contributed by atoms with van der Waals surface area (Å²) in [7, 11) is 0. The van der Waals surface area contributed by atoms with Gasteiger partial charge < -0.3 is 20.6 Å². The minimum Gasteiger partial charge on any atom is -0.481 e. The summed E-state index contributed by atoms with van der Waals surface area (Å²) in [5.74, 6) is -1.52. The average Bonchev–Trinajstić information content (AvgIpc) is 2.13. The molecule has 15 heavy (non-hydrogen) atoms. The first kappa shape index (κ1) is 13.9. The number of aliphatic carboxylic acids is 1. The van der Waals surface area contributed by atoms with Crippen LogP contribution >= 0.6 is 0 Å². The highest BCUT2D eigenvalue weighted by atomic mass is 16.4. The third-order valence-electron chi connectivity index (χ3n) is 1.93. The van der Waals surface area contributed by atoms with Crippen molar-refractivity contribution in [3.05, 3.63) is 0 Å². The highest BCUT2D eigenvalue weighted by Crippen LogP contribution is 2.19. The van der Waals surface area contributed by atoms with E-state index in [4.69, 9.17) is 15.3 Å². The normalized spacial score (nSPS) is 13.3. The molecule has 0 bridgehead atoms. The van der Waals surface area contributed by atoms with Crippen molar-refractivity contribution in [1.82, 2.24) is 5.32 Å². The van der Waals surface area contributed by atoms with E-state index < -0.39 is 30.0 Å². The molecule has 0 saturated carbocycles. The molecule has 88 valence electrons. The molecule has 1 unspecified atom stereocenters. The van der Waals surface area contributed by atoms with Crippen LogP contribution in [0, 0.1) is 5.41 Å². The monoisotopic (exact) mass is 219 g/mol. The zero-order valence-electron chi connectivity index (χ0n) is 8.86. The van der Waals surface area contributed by atoms with Crippen LogP contribution in [0.15, 0.2) is 0 Å². The van der Waals surface area contributed by atoms with Crippen LogP contribution < -0.4 is 5.32 Å². The predicted molar refractivity (Wildman–Crippen MR) is 52.1 cm³/mol. The molecule has 0 aliphatic rings. The fourth-order valence-corrected chi connectivity index (χ4v) is 0.836. The maximum Gasteiger partial charge on any atom is 0.309 e. The molecule has 0 rings (SSSR count). The molecule has 6 heteroatoms. The van der Waals surface area contributed by atoms with Crippen molar-refractivity contribution in [1.29, 1.82) is 0 Å². The fourth-order valence-electron chi connectivity index (χ4n) is 0.836. The zero-order chi connectivity index (χ0) is 12.1. The molecule has 1 atom stereocenters. The molecule has 0 aliphatic carbocycles. The van der Waals surface area contributed by atoms with Gasteiger partial charge in [0.2, 0.25) is 5.91 Å². The van der Waals surface area contributed by atoms with Gasteiger partial charge in [0.15, 0.2) is 0 Å². The third kappa shape index (κ3) is 5.34. The molecular weight excluding hydrogens is 202 g/mol. The molecule has 0 aromatic rings. The molecule has 4 N–H and O–H groups in total. The second-order valence-electron chi connectivity index (χ2n) is 4.01. The number of aliphatic hydroxyl groups is 2. The van der Waals surface area contributed by atoms with Crippen molar-refractivity contribution in [2.24, 2.45) is 5.41 Å². The average molecular weight is 219 g/mol. The zero-order valence-corrected chi connectivity index (χ0v) is 8.86. The van der Waals surface area contributed by atoms with Crippen molar-refractivity contribution in [2.45, 2.75) is 26.4 Å². The lowest BCUT2D eigenvalue weighted by atomic mass is 9.89. The Morgan fingerprint density at radius 3 is 2.33 bits per heavy atom. The number of carboxylic acids is 1. The van der Waals surface area contributed by atoms with Crippen LogP contribution in [0.1, 0.15) is 20.3 Å². The van der Waals surface area contributed by atoms with E-state index in [9.17, 15) is 9.59 Å². The lowest BCUT2D eigenvalue weighted by Gasteiger charge is -2.18. The number of carboxylic acid groups (broad SMARTS) is 1. The van der Waals surface area contributed by atoms with Gasteiger partial charge >= 0.3 is 5.97 Å². The molecule has 0 aromatic heterocycles. The number of carbonyl (C=O) groups is 2. The molecule has 0 aromatic carbocycles. The lowest BCUT2D eigenvalue weighted by Crippen LogP contribution is -2.38. The minimum absolute atomic E-state index is 0.0783. The van der Waals surface area contributed by atoms with Crippen LogP contribution in [0.2, 0.25) is 0 Å². The molecule has 0 saturated heterocycles. The molecule has 0 radical (unpaired) electrons. The van der Waals surface area contributed by atoms with E-state index in [2.05, 4.69) is 5.32 Å². The predicted octanol–water partition coefficient (Wildman–Crippen LogP) is -1.04. The Kier molecular flexibility index (Phi) is 5.24. The van der Waals surface area contributed by atoms with Gasteiger partial charge in [-0.15, -0.1) is 0 Å². The van der Waals surface area contributed by atoms with Gasteiger partial charge in [0.25, 0.3) is 0 Å². The number of rotatable bonds is 6. The van der Waals surface area contributed by atoms with Crippen LogP contribution in [0.5, 0.6) is 0 Å². The quantitative estimate of drug-likeness (QED) is 0.456. The summed E-state index contributed by atoms with van der Waals surface area (Å²) in [5.41, 5.74) is -1.13. The van der Waals surface area contributed by atoms with E-state index in [1.54, 1.807) is 0 Å². The van der Waals surface area contributed by atoms with Crippen molar-refractivity contribution >= 4 is 11.9 Å². The number of amides is 1. The summed E-state index contributed by atoms with van der Waals surface area (Å²) in [6.45, 7) is 2.36. The van der Waals surface area contributed by atoms with Crippen molar-refractivity contribution in [3.8, 4) is 0 Å². The van der Waals surface area contributed by atoms with Gasteiger partial charge in [0.1, 0.15) is 0 Å². The van der Waals surface area contributed by atoms with Gasteiger partial charge in [-0.3, -0.25) is 9.59 Å². The molecule has 0 spiro atoms. The molecule has 0 aliphatic heterocycles. The van der Waals surface area contributed by atoms with Crippen LogP contribution in [-0.4, -0.2) is 46.5 Å². The Bertz CT molecular complexity index is 239. The van der Waals surface area contributed by atoms with Gasteiger partial charge in [-0.1, -0.05) is 0 Å². The summed E-state index contributed by atoms with van der Waals surface area (Å²) < 4.78 is 0. The van der Waals surface area contributed by atoms with Crippen molar-refractivity contribution in [2.75, 3.05) is 13.2 Å². The molecule has 0 fully saturated rings. The highest BCUT2D eigenvalue weighted by Gasteiger charge is 2.30. The lowest BCUT2D eigenvalue weighted by molar-refractivity contribution is -0.149. The topological polar surface area (TPSA) is 107 Å².